The molecular formula is C16H19N5O2. The Balaban J connectivity index is 2.14. The first kappa shape index (κ1) is 15.1. The maximum Gasteiger partial charge on any atom is 0.332 e. The van der Waals surface area contributed by atoms with Crippen molar-refractivity contribution in [3.8, 4) is 0 Å². The number of hydrogen-bond donors (Lipinski definition) is 0. The number of benzene rings is 1. The second-order valence-electron chi connectivity index (χ2n) is 5.81. The van der Waals surface area contributed by atoms with E-state index in [4.69, 9.17) is 0 Å². The molecule has 3 aromatic rings. The molecule has 7 heteroatoms. The summed E-state index contributed by atoms with van der Waals surface area (Å²) in [6.45, 7) is 0.519. The number of fused-ring (bicyclic) bond motifs is 1. The Kier molecular flexibility index (Phi) is 3.55. The molecule has 0 saturated carbocycles. The van der Waals surface area contributed by atoms with E-state index >= 15 is 0 Å². The summed E-state index contributed by atoms with van der Waals surface area (Å²) in [4.78, 5) is 30.7. The quantitative estimate of drug-likeness (QED) is 0.708. The Morgan fingerprint density at radius 1 is 1.13 bits per heavy atom. The molecule has 0 radical (unpaired) electrons. The maximum atomic E-state index is 12.4. The van der Waals surface area contributed by atoms with Gasteiger partial charge in [-0.25, -0.2) is 9.78 Å². The minimum atomic E-state index is -0.373. The molecule has 7 nitrogen and oxygen atoms in total. The number of aromatic nitrogens is 4. The average Bonchev–Trinajstić information content (AvgIpc) is 2.95. The molecule has 0 unspecified atom stereocenters. The predicted molar refractivity (Wildman–Crippen MR) is 90.1 cm³/mol. The molecule has 3 rings (SSSR count). The van der Waals surface area contributed by atoms with E-state index in [2.05, 4.69) is 11.1 Å². The van der Waals surface area contributed by atoms with Gasteiger partial charge >= 0.3 is 5.69 Å². The summed E-state index contributed by atoms with van der Waals surface area (Å²) in [6.07, 6.45) is 1.60. The van der Waals surface area contributed by atoms with Crippen LogP contribution in [0.4, 0.5) is 5.69 Å². The molecule has 0 atom stereocenters. The largest absolute Gasteiger partial charge is 0.378 e. The molecule has 0 bridgehead atoms. The number of imidazole rings is 1. The van der Waals surface area contributed by atoms with E-state index in [-0.39, 0.29) is 11.2 Å². The van der Waals surface area contributed by atoms with Crippen LogP contribution >= 0.6 is 0 Å². The highest BCUT2D eigenvalue weighted by molar-refractivity contribution is 5.70. The van der Waals surface area contributed by atoms with Crippen molar-refractivity contribution in [2.75, 3.05) is 19.0 Å². The van der Waals surface area contributed by atoms with E-state index in [1.807, 2.05) is 37.2 Å². The number of nitrogens with zero attached hydrogens (tertiary/aromatic N) is 5. The van der Waals surface area contributed by atoms with Gasteiger partial charge in [-0.2, -0.15) is 0 Å². The summed E-state index contributed by atoms with van der Waals surface area (Å²) < 4.78 is 4.28. The third-order valence-electron chi connectivity index (χ3n) is 4.00. The smallest absolute Gasteiger partial charge is 0.332 e. The predicted octanol–water partition coefficient (Wildman–Crippen LogP) is 0.548. The maximum absolute atomic E-state index is 12.4. The van der Waals surface area contributed by atoms with E-state index in [0.29, 0.717) is 17.7 Å². The lowest BCUT2D eigenvalue weighted by molar-refractivity contribution is 0.702. The van der Waals surface area contributed by atoms with E-state index in [1.165, 1.54) is 11.6 Å². The standard InChI is InChI=1S/C16H19N5O2/c1-18(2)12-7-5-6-11(8-12)9-21-10-17-14-13(21)15(22)20(4)16(23)19(14)3/h5-8,10H,9H2,1-4H3. The van der Waals surface area contributed by atoms with Gasteiger partial charge in [-0.1, -0.05) is 12.1 Å². The van der Waals surface area contributed by atoms with Crippen LogP contribution in [0, 0.1) is 0 Å². The lowest BCUT2D eigenvalue weighted by Crippen LogP contribution is -2.37. The summed E-state index contributed by atoms with van der Waals surface area (Å²) in [5.74, 6) is 0. The molecule has 0 N–H and O–H groups in total. The van der Waals surface area contributed by atoms with Crippen molar-refractivity contribution in [3.63, 3.8) is 0 Å². The summed E-state index contributed by atoms with van der Waals surface area (Å²) in [5.41, 5.74) is 2.29. The van der Waals surface area contributed by atoms with Crippen LogP contribution in [-0.2, 0) is 20.6 Å². The first-order chi connectivity index (χ1) is 10.9. The minimum Gasteiger partial charge on any atom is -0.378 e. The van der Waals surface area contributed by atoms with Crippen LogP contribution in [0.1, 0.15) is 5.56 Å². The van der Waals surface area contributed by atoms with Gasteiger partial charge in [0.15, 0.2) is 11.2 Å². The van der Waals surface area contributed by atoms with Crippen LogP contribution in [0.5, 0.6) is 0 Å². The molecule has 23 heavy (non-hydrogen) atoms. The second kappa shape index (κ2) is 5.42. The van der Waals surface area contributed by atoms with Crippen LogP contribution < -0.4 is 16.1 Å². The summed E-state index contributed by atoms with van der Waals surface area (Å²) in [7, 11) is 7.07. The monoisotopic (exact) mass is 313 g/mol. The van der Waals surface area contributed by atoms with E-state index in [9.17, 15) is 9.59 Å². The molecule has 0 fully saturated rings. The van der Waals surface area contributed by atoms with Gasteiger partial charge in [0.05, 0.1) is 6.33 Å². The molecule has 0 aliphatic rings. The zero-order valence-corrected chi connectivity index (χ0v) is 13.6. The molecule has 0 saturated heterocycles. The van der Waals surface area contributed by atoms with E-state index in [0.717, 1.165) is 15.8 Å². The van der Waals surface area contributed by atoms with Crippen molar-refractivity contribution in [3.05, 3.63) is 57.0 Å². The average molecular weight is 313 g/mol. The fourth-order valence-corrected chi connectivity index (χ4v) is 2.65. The van der Waals surface area contributed by atoms with Crippen LogP contribution in [0.2, 0.25) is 0 Å². The number of rotatable bonds is 3. The highest BCUT2D eigenvalue weighted by Gasteiger charge is 2.14. The topological polar surface area (TPSA) is 65.1 Å². The lowest BCUT2D eigenvalue weighted by atomic mass is 10.2. The third kappa shape index (κ3) is 2.44. The molecule has 0 amide bonds. The van der Waals surface area contributed by atoms with Crippen LogP contribution in [0.25, 0.3) is 11.2 Å². The van der Waals surface area contributed by atoms with Gasteiger partial charge in [0, 0.05) is 40.4 Å². The van der Waals surface area contributed by atoms with Crippen molar-refractivity contribution in [1.82, 2.24) is 18.7 Å². The molecule has 2 aromatic heterocycles. The highest BCUT2D eigenvalue weighted by atomic mass is 16.2. The number of aryl methyl sites for hydroxylation is 1. The van der Waals surface area contributed by atoms with Crippen molar-refractivity contribution in [2.45, 2.75) is 6.54 Å². The lowest BCUT2D eigenvalue weighted by Gasteiger charge is -2.14. The van der Waals surface area contributed by atoms with Crippen molar-refractivity contribution in [2.24, 2.45) is 14.1 Å². The summed E-state index contributed by atoms with van der Waals surface area (Å²) >= 11 is 0. The summed E-state index contributed by atoms with van der Waals surface area (Å²) in [6, 6.07) is 8.08. The Morgan fingerprint density at radius 3 is 2.57 bits per heavy atom. The molecular weight excluding hydrogens is 294 g/mol. The van der Waals surface area contributed by atoms with Crippen molar-refractivity contribution >= 4 is 16.9 Å². The zero-order chi connectivity index (χ0) is 16.7. The Hall–Kier alpha value is -2.83. The summed E-state index contributed by atoms with van der Waals surface area (Å²) in [5, 5.41) is 0. The Bertz CT molecular complexity index is 994. The molecule has 1 aromatic carbocycles. The second-order valence-corrected chi connectivity index (χ2v) is 5.81. The molecule has 2 heterocycles. The fraction of sp³-hybridized carbons (Fsp3) is 0.312. The SMILES string of the molecule is CN(C)c1cccc(Cn2cnc3c2c(=O)n(C)c(=O)n3C)c1. The Labute approximate surface area is 133 Å². The van der Waals surface area contributed by atoms with Crippen molar-refractivity contribution < 1.29 is 0 Å². The Morgan fingerprint density at radius 2 is 1.87 bits per heavy atom. The first-order valence-electron chi connectivity index (χ1n) is 7.27. The van der Waals surface area contributed by atoms with Gasteiger partial charge in [0.2, 0.25) is 0 Å². The van der Waals surface area contributed by atoms with E-state index in [1.54, 1.807) is 17.9 Å². The van der Waals surface area contributed by atoms with Crippen LogP contribution in [0.3, 0.4) is 0 Å². The first-order valence-corrected chi connectivity index (χ1v) is 7.27. The minimum absolute atomic E-state index is 0.329. The normalized spacial score (nSPS) is 11.1. The molecule has 0 spiro atoms. The van der Waals surface area contributed by atoms with Gasteiger partial charge in [-0.3, -0.25) is 13.9 Å². The van der Waals surface area contributed by atoms with E-state index < -0.39 is 0 Å². The van der Waals surface area contributed by atoms with Crippen molar-refractivity contribution in [1.29, 1.82) is 0 Å². The van der Waals surface area contributed by atoms with Gasteiger partial charge in [-0.15, -0.1) is 0 Å². The van der Waals surface area contributed by atoms with Crippen LogP contribution in [-0.4, -0.2) is 32.8 Å². The molecule has 0 aliphatic heterocycles. The van der Waals surface area contributed by atoms with Gasteiger partial charge in [-0.05, 0) is 17.7 Å². The van der Waals surface area contributed by atoms with Gasteiger partial charge in [0.25, 0.3) is 5.56 Å². The molecule has 120 valence electrons. The fourth-order valence-electron chi connectivity index (χ4n) is 2.65. The molecule has 0 aliphatic carbocycles. The third-order valence-corrected chi connectivity index (χ3v) is 4.00. The van der Waals surface area contributed by atoms with Crippen LogP contribution in [0.15, 0.2) is 40.2 Å². The van der Waals surface area contributed by atoms with Gasteiger partial charge < -0.3 is 9.47 Å². The number of hydrogen-bond acceptors (Lipinski definition) is 4. The zero-order valence-electron chi connectivity index (χ0n) is 13.6. The number of anilines is 1. The highest BCUT2D eigenvalue weighted by Crippen LogP contribution is 2.15. The van der Waals surface area contributed by atoms with Gasteiger partial charge in [0.1, 0.15) is 0 Å².